The lowest BCUT2D eigenvalue weighted by Crippen LogP contribution is -2.24. The smallest absolute Gasteiger partial charge is 0.328 e. The van der Waals surface area contributed by atoms with E-state index < -0.39 is 21.1 Å². The average Bonchev–Trinajstić information content (AvgIpc) is 2.95. The number of hydrazone groups is 1. The van der Waals surface area contributed by atoms with Gasteiger partial charge in [-0.3, -0.25) is 9.35 Å². The maximum atomic E-state index is 11.6. The van der Waals surface area contributed by atoms with Gasteiger partial charge in [-0.2, -0.15) is 13.5 Å². The molecule has 0 aliphatic heterocycles. The number of ether oxygens (including phenoxy) is 1. The van der Waals surface area contributed by atoms with Gasteiger partial charge in [0.05, 0.1) is 6.21 Å². The zero-order chi connectivity index (χ0) is 16.9. The van der Waals surface area contributed by atoms with E-state index in [0.29, 0.717) is 5.75 Å². The molecule has 1 amide bonds. The Morgan fingerprint density at radius 3 is 2.74 bits per heavy atom. The van der Waals surface area contributed by atoms with Crippen LogP contribution in [-0.4, -0.2) is 31.7 Å². The van der Waals surface area contributed by atoms with Gasteiger partial charge in [0.1, 0.15) is 11.5 Å². The Hall–Kier alpha value is -2.65. The van der Waals surface area contributed by atoms with Crippen LogP contribution < -0.4 is 10.2 Å². The number of aryl methyl sites for hydroxylation is 1. The van der Waals surface area contributed by atoms with E-state index in [1.807, 2.05) is 19.1 Å². The van der Waals surface area contributed by atoms with Gasteiger partial charge in [-0.1, -0.05) is 18.2 Å². The molecule has 122 valence electrons. The molecule has 0 fully saturated rings. The van der Waals surface area contributed by atoms with E-state index in [9.17, 15) is 13.2 Å². The van der Waals surface area contributed by atoms with Gasteiger partial charge < -0.3 is 9.15 Å². The van der Waals surface area contributed by atoms with E-state index >= 15 is 0 Å². The predicted octanol–water partition coefficient (Wildman–Crippen LogP) is 1.36. The van der Waals surface area contributed by atoms with E-state index in [0.717, 1.165) is 17.8 Å². The SMILES string of the molecule is Cc1ccccc1OCC(=O)N/N=C/c1ccc(S(=O)(=O)O)o1. The highest BCUT2D eigenvalue weighted by atomic mass is 32.2. The monoisotopic (exact) mass is 338 g/mol. The predicted molar refractivity (Wildman–Crippen MR) is 80.9 cm³/mol. The number of hydrogen-bond donors (Lipinski definition) is 2. The molecule has 0 saturated carbocycles. The molecule has 23 heavy (non-hydrogen) atoms. The van der Waals surface area contributed by atoms with Gasteiger partial charge in [0.2, 0.25) is 5.09 Å². The molecular formula is C14H14N2O6S. The van der Waals surface area contributed by atoms with E-state index in [-0.39, 0.29) is 12.4 Å². The van der Waals surface area contributed by atoms with Crippen LogP contribution in [0.1, 0.15) is 11.3 Å². The highest BCUT2D eigenvalue weighted by Gasteiger charge is 2.14. The summed E-state index contributed by atoms with van der Waals surface area (Å²) in [7, 11) is -4.40. The van der Waals surface area contributed by atoms with Gasteiger partial charge >= 0.3 is 10.1 Å². The molecule has 0 radical (unpaired) electrons. The van der Waals surface area contributed by atoms with Crippen LogP contribution in [0.3, 0.4) is 0 Å². The van der Waals surface area contributed by atoms with Gasteiger partial charge in [0.15, 0.2) is 6.61 Å². The standard InChI is InChI=1S/C14H14N2O6S/c1-10-4-2-3-5-12(10)21-9-13(17)16-15-8-11-6-7-14(22-11)23(18,19)20/h2-8H,9H2,1H3,(H,16,17)(H,18,19,20)/b15-8+. The van der Waals surface area contributed by atoms with Gasteiger partial charge in [0.25, 0.3) is 5.91 Å². The number of furan rings is 1. The Bertz CT molecular complexity index is 825. The number of hydrogen-bond acceptors (Lipinski definition) is 6. The Balaban J connectivity index is 1.84. The van der Waals surface area contributed by atoms with Crippen molar-refractivity contribution in [3.05, 3.63) is 47.7 Å². The van der Waals surface area contributed by atoms with Crippen molar-refractivity contribution in [1.29, 1.82) is 0 Å². The lowest BCUT2D eigenvalue weighted by molar-refractivity contribution is -0.123. The van der Waals surface area contributed by atoms with Crippen LogP contribution in [-0.2, 0) is 14.9 Å². The lowest BCUT2D eigenvalue weighted by atomic mass is 10.2. The molecule has 9 heteroatoms. The fourth-order valence-electron chi connectivity index (χ4n) is 1.60. The summed E-state index contributed by atoms with van der Waals surface area (Å²) >= 11 is 0. The third-order valence-electron chi connectivity index (χ3n) is 2.69. The third-order valence-corrected chi connectivity index (χ3v) is 3.42. The summed E-state index contributed by atoms with van der Waals surface area (Å²) in [5.41, 5.74) is 3.10. The number of nitrogens with one attached hydrogen (secondary N) is 1. The van der Waals surface area contributed by atoms with Crippen molar-refractivity contribution in [2.45, 2.75) is 12.0 Å². The third kappa shape index (κ3) is 4.94. The van der Waals surface area contributed by atoms with Crippen molar-refractivity contribution in [3.8, 4) is 5.75 Å². The summed E-state index contributed by atoms with van der Waals surface area (Å²) in [6.07, 6.45) is 1.10. The second-order valence-corrected chi connectivity index (χ2v) is 5.83. The fraction of sp³-hybridized carbons (Fsp3) is 0.143. The molecule has 2 N–H and O–H groups in total. The summed E-state index contributed by atoms with van der Waals surface area (Å²) in [6.45, 7) is 1.63. The number of benzene rings is 1. The van der Waals surface area contributed by atoms with Crippen LogP contribution in [0.15, 0.2) is 51.0 Å². The van der Waals surface area contributed by atoms with Crippen molar-refractivity contribution in [2.75, 3.05) is 6.61 Å². The Kier molecular flexibility index (Phi) is 5.14. The van der Waals surface area contributed by atoms with Gasteiger partial charge in [-0.25, -0.2) is 5.43 Å². The molecule has 1 aromatic heterocycles. The molecule has 0 unspecified atom stereocenters. The molecule has 8 nitrogen and oxygen atoms in total. The summed E-state index contributed by atoms with van der Waals surface area (Å²) < 4.78 is 40.5. The second kappa shape index (κ2) is 7.07. The molecule has 0 bridgehead atoms. The van der Waals surface area contributed by atoms with E-state index in [1.54, 1.807) is 12.1 Å². The van der Waals surface area contributed by atoms with Gasteiger partial charge in [-0.15, -0.1) is 0 Å². The first-order valence-electron chi connectivity index (χ1n) is 6.44. The van der Waals surface area contributed by atoms with Crippen LogP contribution in [0.25, 0.3) is 0 Å². The number of amides is 1. The molecule has 1 aromatic carbocycles. The largest absolute Gasteiger partial charge is 0.483 e. The Morgan fingerprint density at radius 1 is 1.35 bits per heavy atom. The van der Waals surface area contributed by atoms with Crippen molar-refractivity contribution in [1.82, 2.24) is 5.43 Å². The van der Waals surface area contributed by atoms with Crippen LogP contribution in [0, 0.1) is 6.92 Å². The van der Waals surface area contributed by atoms with E-state index in [4.69, 9.17) is 13.7 Å². The minimum atomic E-state index is -4.40. The van der Waals surface area contributed by atoms with Crippen molar-refractivity contribution >= 4 is 22.2 Å². The topological polar surface area (TPSA) is 118 Å². The van der Waals surface area contributed by atoms with Crippen LogP contribution in [0.4, 0.5) is 0 Å². The number of carbonyl (C=O) groups is 1. The highest BCUT2D eigenvalue weighted by Crippen LogP contribution is 2.15. The Morgan fingerprint density at radius 2 is 2.09 bits per heavy atom. The quantitative estimate of drug-likeness (QED) is 0.466. The summed E-state index contributed by atoms with van der Waals surface area (Å²) in [5, 5.41) is 2.99. The lowest BCUT2D eigenvalue weighted by Gasteiger charge is -2.07. The van der Waals surface area contributed by atoms with Gasteiger partial charge in [-0.05, 0) is 30.7 Å². The molecule has 0 aliphatic rings. The molecule has 0 saturated heterocycles. The second-order valence-electron chi connectivity index (χ2n) is 4.48. The number of nitrogens with zero attached hydrogens (tertiary/aromatic N) is 1. The minimum absolute atomic E-state index is 0.0535. The van der Waals surface area contributed by atoms with E-state index in [2.05, 4.69) is 10.5 Å². The zero-order valence-electron chi connectivity index (χ0n) is 12.1. The van der Waals surface area contributed by atoms with Crippen molar-refractivity contribution in [3.63, 3.8) is 0 Å². The van der Waals surface area contributed by atoms with Crippen LogP contribution in [0.2, 0.25) is 0 Å². The number of para-hydroxylation sites is 1. The molecule has 2 rings (SSSR count). The van der Waals surface area contributed by atoms with Crippen molar-refractivity contribution in [2.24, 2.45) is 5.10 Å². The first kappa shape index (κ1) is 16.7. The maximum absolute atomic E-state index is 11.6. The molecular weight excluding hydrogens is 324 g/mol. The Labute approximate surface area is 132 Å². The summed E-state index contributed by atoms with van der Waals surface area (Å²) in [4.78, 5) is 11.6. The minimum Gasteiger partial charge on any atom is -0.483 e. The normalized spacial score (nSPS) is 11.6. The number of carbonyl (C=O) groups excluding carboxylic acids is 1. The van der Waals surface area contributed by atoms with Crippen LogP contribution >= 0.6 is 0 Å². The summed E-state index contributed by atoms with van der Waals surface area (Å²) in [5.74, 6) is 0.152. The summed E-state index contributed by atoms with van der Waals surface area (Å²) in [6, 6.07) is 9.60. The first-order valence-corrected chi connectivity index (χ1v) is 7.88. The fourth-order valence-corrected chi connectivity index (χ4v) is 2.05. The molecule has 2 aromatic rings. The molecule has 0 spiro atoms. The van der Waals surface area contributed by atoms with Gasteiger partial charge in [0, 0.05) is 0 Å². The molecule has 0 aliphatic carbocycles. The van der Waals surface area contributed by atoms with Crippen LogP contribution in [0.5, 0.6) is 5.75 Å². The first-order chi connectivity index (χ1) is 10.9. The zero-order valence-corrected chi connectivity index (χ0v) is 12.9. The maximum Gasteiger partial charge on any atom is 0.328 e. The number of rotatable bonds is 6. The average molecular weight is 338 g/mol. The van der Waals surface area contributed by atoms with Crippen molar-refractivity contribution < 1.29 is 26.9 Å². The highest BCUT2D eigenvalue weighted by molar-refractivity contribution is 7.85. The van der Waals surface area contributed by atoms with E-state index in [1.165, 1.54) is 6.07 Å². The molecule has 1 heterocycles. The molecule has 0 atom stereocenters.